The van der Waals surface area contributed by atoms with Gasteiger partial charge in [0.25, 0.3) is 0 Å². The first-order valence-corrected chi connectivity index (χ1v) is 11.1. The molecule has 0 bridgehead atoms. The summed E-state index contributed by atoms with van der Waals surface area (Å²) in [5, 5.41) is 32.3. The fraction of sp³-hybridized carbons (Fsp3) is 0.462. The molecule has 0 spiro atoms. The smallest absolute Gasteiger partial charge is 0.303 e. The second-order valence-electron chi connectivity index (χ2n) is 9.27. The van der Waals surface area contributed by atoms with E-state index >= 15 is 0 Å². The van der Waals surface area contributed by atoms with Crippen LogP contribution in [0.2, 0.25) is 0 Å². The van der Waals surface area contributed by atoms with Gasteiger partial charge in [0.2, 0.25) is 0 Å². The molecule has 32 heavy (non-hydrogen) atoms. The molecule has 170 valence electrons. The number of aryl methyl sites for hydroxylation is 1. The van der Waals surface area contributed by atoms with E-state index in [4.69, 9.17) is 9.84 Å². The first-order chi connectivity index (χ1) is 15.3. The van der Waals surface area contributed by atoms with E-state index in [9.17, 15) is 15.2 Å². The Bertz CT molecular complexity index is 955. The van der Waals surface area contributed by atoms with Crippen molar-refractivity contribution in [3.63, 3.8) is 0 Å². The second-order valence-corrected chi connectivity index (χ2v) is 9.27. The Balaban J connectivity index is 1.48. The molecule has 0 heterocycles. The minimum atomic E-state index is -0.911. The van der Waals surface area contributed by atoms with E-state index in [2.05, 4.69) is 49.5 Å². The highest BCUT2D eigenvalue weighted by Gasteiger charge is 2.28. The summed E-state index contributed by atoms with van der Waals surface area (Å²) in [7, 11) is 0. The first kappa shape index (κ1) is 23.8. The molecule has 0 saturated carbocycles. The van der Waals surface area contributed by atoms with Crippen LogP contribution < -0.4 is 10.1 Å². The first-order valence-electron chi connectivity index (χ1n) is 11.1. The zero-order valence-electron chi connectivity index (χ0n) is 18.8. The molecule has 1 aliphatic rings. The fourth-order valence-electron chi connectivity index (χ4n) is 4.50. The molecule has 6 heteroatoms. The average Bonchev–Trinajstić information content (AvgIpc) is 3.16. The number of ether oxygens (including phenoxy) is 1. The minimum absolute atomic E-state index is 0.0498. The van der Waals surface area contributed by atoms with Gasteiger partial charge in [-0.1, -0.05) is 36.4 Å². The summed E-state index contributed by atoms with van der Waals surface area (Å²) in [6.07, 6.45) is 2.69. The molecule has 3 N–H and O–H groups in total. The molecule has 0 amide bonds. The van der Waals surface area contributed by atoms with E-state index in [-0.39, 0.29) is 25.0 Å². The van der Waals surface area contributed by atoms with Crippen molar-refractivity contribution in [1.29, 1.82) is 5.26 Å². The van der Waals surface area contributed by atoms with Crippen LogP contribution in [0.1, 0.15) is 48.9 Å². The third-order valence-corrected chi connectivity index (χ3v) is 6.01. The van der Waals surface area contributed by atoms with Crippen molar-refractivity contribution in [2.75, 3.05) is 13.2 Å². The summed E-state index contributed by atoms with van der Waals surface area (Å²) >= 11 is 0. The average molecular weight is 437 g/mol. The van der Waals surface area contributed by atoms with E-state index in [0.29, 0.717) is 29.3 Å². The van der Waals surface area contributed by atoms with Gasteiger partial charge in [-0.2, -0.15) is 5.26 Å². The predicted octanol–water partition coefficient (Wildman–Crippen LogP) is 3.49. The predicted molar refractivity (Wildman–Crippen MR) is 123 cm³/mol. The number of hydrogen-bond acceptors (Lipinski definition) is 5. The number of carbonyl (C=O) groups is 1. The number of nitrogens with zero attached hydrogens (tertiary/aromatic N) is 1. The second kappa shape index (κ2) is 10.6. The maximum atomic E-state index is 10.8. The molecule has 0 aromatic heterocycles. The Labute approximate surface area is 189 Å². The normalized spacial score (nSPS) is 14.6. The van der Waals surface area contributed by atoms with Crippen LogP contribution in [0.3, 0.4) is 0 Å². The number of rotatable bonds is 11. The lowest BCUT2D eigenvalue weighted by Crippen LogP contribution is -2.46. The molecule has 1 unspecified atom stereocenters. The fourth-order valence-corrected chi connectivity index (χ4v) is 4.50. The van der Waals surface area contributed by atoms with Crippen LogP contribution in [0.15, 0.2) is 42.5 Å². The Morgan fingerprint density at radius 3 is 2.53 bits per heavy atom. The highest BCUT2D eigenvalue weighted by molar-refractivity contribution is 5.67. The molecular weight excluding hydrogens is 404 g/mol. The van der Waals surface area contributed by atoms with Crippen LogP contribution in [0.5, 0.6) is 5.75 Å². The number of carboxylic acids is 1. The number of fused-ring (bicyclic) bond motifs is 1. The van der Waals surface area contributed by atoms with Gasteiger partial charge in [-0.15, -0.1) is 0 Å². The number of aliphatic hydroxyl groups is 1. The van der Waals surface area contributed by atoms with Gasteiger partial charge in [0.05, 0.1) is 5.56 Å². The van der Waals surface area contributed by atoms with E-state index < -0.39 is 12.1 Å². The highest BCUT2D eigenvalue weighted by atomic mass is 16.5. The van der Waals surface area contributed by atoms with Gasteiger partial charge in [-0.05, 0) is 68.2 Å². The summed E-state index contributed by atoms with van der Waals surface area (Å²) in [4.78, 5) is 10.8. The zero-order valence-corrected chi connectivity index (χ0v) is 18.8. The quantitative estimate of drug-likeness (QED) is 0.498. The SMILES string of the molecule is CC(C)(CC1Cc2ccccc2C1)NCC(O)COc1cccc(CCC(=O)O)c1C#N. The van der Waals surface area contributed by atoms with Crippen molar-refractivity contribution in [3.8, 4) is 11.8 Å². The van der Waals surface area contributed by atoms with Crippen LogP contribution in [-0.2, 0) is 24.1 Å². The number of β-amino-alcohol motifs (C(OH)–C–C–N with tert-alkyl or cyclic N) is 1. The molecule has 2 aromatic carbocycles. The van der Waals surface area contributed by atoms with Crippen molar-refractivity contribution in [3.05, 3.63) is 64.7 Å². The maximum absolute atomic E-state index is 10.8. The largest absolute Gasteiger partial charge is 0.489 e. The van der Waals surface area contributed by atoms with Crippen LogP contribution >= 0.6 is 0 Å². The zero-order chi connectivity index (χ0) is 23.1. The number of hydrogen-bond donors (Lipinski definition) is 3. The number of aliphatic carboxylic acids is 1. The molecule has 0 aliphatic heterocycles. The monoisotopic (exact) mass is 436 g/mol. The van der Waals surface area contributed by atoms with Gasteiger partial charge in [0, 0.05) is 18.5 Å². The third kappa shape index (κ3) is 6.56. The summed E-state index contributed by atoms with van der Waals surface area (Å²) in [5.41, 5.74) is 3.73. The Morgan fingerprint density at radius 1 is 1.22 bits per heavy atom. The summed E-state index contributed by atoms with van der Waals surface area (Å²) < 4.78 is 5.72. The lowest BCUT2D eigenvalue weighted by atomic mass is 9.88. The van der Waals surface area contributed by atoms with Gasteiger partial charge < -0.3 is 20.3 Å². The molecule has 1 aliphatic carbocycles. The molecule has 0 fully saturated rings. The van der Waals surface area contributed by atoms with E-state index in [1.54, 1.807) is 18.2 Å². The lowest BCUT2D eigenvalue weighted by Gasteiger charge is -2.30. The van der Waals surface area contributed by atoms with Gasteiger partial charge in [0.15, 0.2) is 0 Å². The molecule has 3 rings (SSSR count). The number of aliphatic hydroxyl groups excluding tert-OH is 1. The van der Waals surface area contributed by atoms with Crippen molar-refractivity contribution in [1.82, 2.24) is 5.32 Å². The summed E-state index contributed by atoms with van der Waals surface area (Å²) in [6.45, 7) is 4.74. The van der Waals surface area contributed by atoms with E-state index in [1.165, 1.54) is 11.1 Å². The lowest BCUT2D eigenvalue weighted by molar-refractivity contribution is -0.136. The Hall–Kier alpha value is -2.88. The third-order valence-electron chi connectivity index (χ3n) is 6.01. The van der Waals surface area contributed by atoms with Crippen molar-refractivity contribution in [2.24, 2.45) is 5.92 Å². The Kier molecular flexibility index (Phi) is 7.89. The molecule has 0 radical (unpaired) electrons. The number of carboxylic acid groups (broad SMARTS) is 1. The van der Waals surface area contributed by atoms with Gasteiger partial charge in [-0.25, -0.2) is 0 Å². The standard InChI is InChI=1S/C26H32N2O4/c1-26(2,14-18-12-20-6-3-4-7-21(20)13-18)28-16-22(29)17-32-24-9-5-8-19(23(24)15-27)10-11-25(30)31/h3-9,18,22,28-29H,10-14,16-17H2,1-2H3,(H,30,31). The molecule has 2 aromatic rings. The van der Waals surface area contributed by atoms with Crippen molar-refractivity contribution in [2.45, 2.75) is 57.6 Å². The number of benzene rings is 2. The number of nitriles is 1. The van der Waals surface area contributed by atoms with E-state index in [0.717, 1.165) is 19.3 Å². The molecule has 6 nitrogen and oxygen atoms in total. The highest BCUT2D eigenvalue weighted by Crippen LogP contribution is 2.32. The van der Waals surface area contributed by atoms with E-state index in [1.807, 2.05) is 0 Å². The van der Waals surface area contributed by atoms with Gasteiger partial charge >= 0.3 is 5.97 Å². The van der Waals surface area contributed by atoms with Gasteiger partial charge in [0.1, 0.15) is 24.5 Å². The van der Waals surface area contributed by atoms with Crippen LogP contribution in [0.4, 0.5) is 0 Å². The molecular formula is C26H32N2O4. The summed E-state index contributed by atoms with van der Waals surface area (Å²) in [6, 6.07) is 15.9. The maximum Gasteiger partial charge on any atom is 0.303 e. The van der Waals surface area contributed by atoms with Crippen LogP contribution in [0.25, 0.3) is 0 Å². The molecule has 0 saturated heterocycles. The minimum Gasteiger partial charge on any atom is -0.489 e. The molecule has 1 atom stereocenters. The van der Waals surface area contributed by atoms with Crippen molar-refractivity contribution < 1.29 is 19.7 Å². The van der Waals surface area contributed by atoms with Crippen LogP contribution in [-0.4, -0.2) is 41.0 Å². The summed E-state index contributed by atoms with van der Waals surface area (Å²) in [5.74, 6) is 0.0539. The van der Waals surface area contributed by atoms with Crippen LogP contribution in [0, 0.1) is 17.2 Å². The Morgan fingerprint density at radius 2 is 1.91 bits per heavy atom. The van der Waals surface area contributed by atoms with Crippen molar-refractivity contribution >= 4 is 5.97 Å². The van der Waals surface area contributed by atoms with Gasteiger partial charge in [-0.3, -0.25) is 4.79 Å². The topological polar surface area (TPSA) is 103 Å². The number of nitrogens with one attached hydrogen (secondary N) is 1.